The van der Waals surface area contributed by atoms with Gasteiger partial charge in [0, 0.05) is 25.2 Å². The number of carbonyl (C=O) groups is 2. The first kappa shape index (κ1) is 23.6. The third-order valence-corrected chi connectivity index (χ3v) is 8.22. The summed E-state index contributed by atoms with van der Waals surface area (Å²) >= 11 is 0. The molecular weight excluding hydrogens is 496 g/mol. The van der Waals surface area contributed by atoms with Crippen molar-refractivity contribution < 1.29 is 18.8 Å². The van der Waals surface area contributed by atoms with Crippen LogP contribution in [0.3, 0.4) is 0 Å². The monoisotopic (exact) mass is 524 g/mol. The molecule has 0 unspecified atom stereocenters. The highest BCUT2D eigenvalue weighted by atomic mass is 16.5. The molecule has 0 aliphatic carbocycles. The van der Waals surface area contributed by atoms with Crippen molar-refractivity contribution in [1.82, 2.24) is 25.1 Å². The van der Waals surface area contributed by atoms with Crippen molar-refractivity contribution in [2.75, 3.05) is 18.1 Å². The van der Waals surface area contributed by atoms with Crippen molar-refractivity contribution in [1.29, 1.82) is 0 Å². The minimum atomic E-state index is -0.972. The summed E-state index contributed by atoms with van der Waals surface area (Å²) in [4.78, 5) is 32.4. The van der Waals surface area contributed by atoms with Crippen LogP contribution in [0, 0.1) is 13.8 Å². The van der Waals surface area contributed by atoms with E-state index in [1.165, 1.54) is 0 Å². The summed E-state index contributed by atoms with van der Waals surface area (Å²) in [6.45, 7) is 5.38. The molecule has 4 aromatic rings. The summed E-state index contributed by atoms with van der Waals surface area (Å²) in [6.07, 6.45) is 3.12. The average molecular weight is 525 g/mol. The minimum Gasteiger partial charge on any atom is -0.494 e. The number of anilines is 1. The van der Waals surface area contributed by atoms with E-state index in [1.807, 2.05) is 59.6 Å². The molecule has 2 atom stereocenters. The maximum absolute atomic E-state index is 14.7. The summed E-state index contributed by atoms with van der Waals surface area (Å²) in [5.74, 6) is 0.933. The largest absolute Gasteiger partial charge is 0.494 e. The third-order valence-electron chi connectivity index (χ3n) is 8.22. The van der Waals surface area contributed by atoms with Crippen LogP contribution in [0.2, 0.25) is 0 Å². The van der Waals surface area contributed by atoms with Gasteiger partial charge in [-0.3, -0.25) is 14.3 Å². The van der Waals surface area contributed by atoms with Gasteiger partial charge in [-0.1, -0.05) is 40.7 Å². The number of likely N-dealkylation sites (tertiary alicyclic amines) is 1. The molecule has 10 heteroatoms. The molecule has 39 heavy (non-hydrogen) atoms. The predicted octanol–water partition coefficient (Wildman–Crippen LogP) is 3.74. The number of hydrogen-bond donors (Lipinski definition) is 0. The second kappa shape index (κ2) is 8.79. The Morgan fingerprint density at radius 2 is 1.97 bits per heavy atom. The number of fused-ring (bicyclic) bond motifs is 8. The van der Waals surface area contributed by atoms with Gasteiger partial charge in [-0.15, -0.1) is 5.10 Å². The molecule has 3 aliphatic heterocycles. The second-order valence-electron chi connectivity index (χ2n) is 10.5. The number of para-hydroxylation sites is 1. The van der Waals surface area contributed by atoms with E-state index in [0.717, 1.165) is 23.2 Å². The number of benzene rings is 2. The summed E-state index contributed by atoms with van der Waals surface area (Å²) in [7, 11) is 0. The van der Waals surface area contributed by atoms with Gasteiger partial charge in [0.1, 0.15) is 28.2 Å². The molecule has 2 amide bonds. The van der Waals surface area contributed by atoms with Crippen molar-refractivity contribution in [3.63, 3.8) is 0 Å². The zero-order valence-electron chi connectivity index (χ0n) is 21.8. The molecule has 1 saturated heterocycles. The quantitative estimate of drug-likeness (QED) is 0.373. The van der Waals surface area contributed by atoms with E-state index < -0.39 is 11.5 Å². The maximum Gasteiger partial charge on any atom is 0.259 e. The highest BCUT2D eigenvalue weighted by molar-refractivity contribution is 6.10. The zero-order chi connectivity index (χ0) is 26.7. The molecule has 3 aliphatic rings. The maximum atomic E-state index is 14.7. The standard InChI is InChI=1S/C29H28N6O4/c1-18-25(19(2)39-31-18)27(36)34-13-11-29-23-9-3-4-10-24(23)35(28(29)37)17-21-16-33(32-30-21)12-6-14-38-22-8-5-7-20(15-22)26(29)34/h3-5,7-10,15-16,26H,6,11-14,17H2,1-2H3/t26-,29+/m0/s1. The van der Waals surface area contributed by atoms with E-state index in [4.69, 9.17) is 9.26 Å². The molecule has 0 saturated carbocycles. The summed E-state index contributed by atoms with van der Waals surface area (Å²) in [5, 5.41) is 12.6. The zero-order valence-corrected chi connectivity index (χ0v) is 21.8. The van der Waals surface area contributed by atoms with Gasteiger partial charge in [-0.05, 0) is 49.6 Å². The van der Waals surface area contributed by atoms with Crippen molar-refractivity contribution in [3.05, 3.63) is 88.6 Å². The Balaban J connectivity index is 1.43. The van der Waals surface area contributed by atoms with E-state index in [0.29, 0.717) is 61.1 Å². The lowest BCUT2D eigenvalue weighted by molar-refractivity contribution is -0.124. The first-order valence-electron chi connectivity index (χ1n) is 13.2. The van der Waals surface area contributed by atoms with Crippen LogP contribution in [-0.2, 0) is 23.3 Å². The number of aromatic nitrogens is 4. The first-order chi connectivity index (χ1) is 19.0. The van der Waals surface area contributed by atoms with Crippen LogP contribution in [0.25, 0.3) is 0 Å². The smallest absolute Gasteiger partial charge is 0.259 e. The Morgan fingerprint density at radius 1 is 1.10 bits per heavy atom. The topological polar surface area (TPSA) is 107 Å². The van der Waals surface area contributed by atoms with Crippen LogP contribution in [-0.4, -0.2) is 50.0 Å². The van der Waals surface area contributed by atoms with Gasteiger partial charge in [0.2, 0.25) is 5.91 Å². The molecule has 6 bridgehead atoms. The molecule has 5 heterocycles. The second-order valence-corrected chi connectivity index (χ2v) is 10.5. The lowest BCUT2D eigenvalue weighted by Crippen LogP contribution is -2.45. The number of rotatable bonds is 1. The first-order valence-corrected chi connectivity index (χ1v) is 13.2. The van der Waals surface area contributed by atoms with E-state index in [2.05, 4.69) is 15.5 Å². The van der Waals surface area contributed by atoms with Gasteiger partial charge in [-0.2, -0.15) is 0 Å². The molecule has 2 aromatic heterocycles. The Bertz CT molecular complexity index is 1590. The lowest BCUT2D eigenvalue weighted by Gasteiger charge is -2.35. The van der Waals surface area contributed by atoms with E-state index in [1.54, 1.807) is 23.4 Å². The van der Waals surface area contributed by atoms with Gasteiger partial charge in [0.05, 0.1) is 31.1 Å². The number of amides is 2. The van der Waals surface area contributed by atoms with Crippen LogP contribution in [0.5, 0.6) is 5.75 Å². The third kappa shape index (κ3) is 3.50. The molecule has 1 fully saturated rings. The SMILES string of the molecule is Cc1noc(C)c1C(=O)N1CC[C@]23C(=O)N(Cc4cn(nn4)CCCOc4cccc(c4)[C@H]12)c1ccccc13. The fraction of sp³-hybridized carbons (Fsp3) is 0.345. The number of hydrogen-bond acceptors (Lipinski definition) is 7. The fourth-order valence-corrected chi connectivity index (χ4v) is 6.53. The Kier molecular flexibility index (Phi) is 5.33. The van der Waals surface area contributed by atoms with Crippen molar-refractivity contribution in [3.8, 4) is 5.75 Å². The van der Waals surface area contributed by atoms with Crippen molar-refractivity contribution >= 4 is 17.5 Å². The fourth-order valence-electron chi connectivity index (χ4n) is 6.53. The Hall–Kier alpha value is -4.47. The predicted molar refractivity (Wildman–Crippen MR) is 140 cm³/mol. The van der Waals surface area contributed by atoms with Gasteiger partial charge in [0.25, 0.3) is 5.91 Å². The summed E-state index contributed by atoms with van der Waals surface area (Å²) < 4.78 is 13.3. The van der Waals surface area contributed by atoms with Crippen LogP contribution >= 0.6 is 0 Å². The molecule has 0 radical (unpaired) electrons. The summed E-state index contributed by atoms with van der Waals surface area (Å²) in [6, 6.07) is 15.1. The normalized spacial score (nSPS) is 22.1. The average Bonchev–Trinajstić information content (AvgIpc) is 3.70. The number of carbonyl (C=O) groups excluding carboxylic acids is 2. The summed E-state index contributed by atoms with van der Waals surface area (Å²) in [5.41, 5.74) is 3.34. The molecule has 2 aromatic carbocycles. The molecule has 7 rings (SSSR count). The minimum absolute atomic E-state index is 0.0431. The van der Waals surface area contributed by atoms with Crippen LogP contribution in [0.15, 0.2) is 59.3 Å². The van der Waals surface area contributed by atoms with E-state index in [9.17, 15) is 9.59 Å². The molecular formula is C29H28N6O4. The molecule has 1 spiro atoms. The van der Waals surface area contributed by atoms with Crippen molar-refractivity contribution in [2.24, 2.45) is 0 Å². The van der Waals surface area contributed by atoms with Crippen molar-refractivity contribution in [2.45, 2.75) is 51.2 Å². The number of aryl methyl sites for hydroxylation is 3. The van der Waals surface area contributed by atoms with Crippen LogP contribution in [0.4, 0.5) is 5.69 Å². The highest BCUT2D eigenvalue weighted by Gasteiger charge is 2.62. The van der Waals surface area contributed by atoms with Gasteiger partial charge < -0.3 is 19.1 Å². The van der Waals surface area contributed by atoms with Crippen LogP contribution < -0.4 is 9.64 Å². The Labute approximate surface area is 225 Å². The van der Waals surface area contributed by atoms with Crippen LogP contribution in [0.1, 0.15) is 57.5 Å². The number of ether oxygens (including phenoxy) is 1. The van der Waals surface area contributed by atoms with Gasteiger partial charge in [0.15, 0.2) is 0 Å². The highest BCUT2D eigenvalue weighted by Crippen LogP contribution is 2.57. The Morgan fingerprint density at radius 3 is 2.82 bits per heavy atom. The number of nitrogens with zero attached hydrogens (tertiary/aromatic N) is 6. The van der Waals surface area contributed by atoms with Gasteiger partial charge in [-0.25, -0.2) is 0 Å². The van der Waals surface area contributed by atoms with E-state index >= 15 is 0 Å². The van der Waals surface area contributed by atoms with Gasteiger partial charge >= 0.3 is 0 Å². The molecule has 0 N–H and O–H groups in total. The molecule has 198 valence electrons. The lowest BCUT2D eigenvalue weighted by atomic mass is 9.72. The van der Waals surface area contributed by atoms with E-state index in [-0.39, 0.29) is 11.8 Å². The molecule has 10 nitrogen and oxygen atoms in total.